The van der Waals surface area contributed by atoms with E-state index in [9.17, 15) is 14.0 Å². The van der Waals surface area contributed by atoms with Crippen molar-refractivity contribution >= 4 is 12.1 Å². The number of amides is 1. The van der Waals surface area contributed by atoms with Crippen molar-refractivity contribution in [3.05, 3.63) is 59.7 Å². The Hall–Kier alpha value is -2.69. The van der Waals surface area contributed by atoms with Gasteiger partial charge < -0.3 is 4.74 Å². The molecule has 1 saturated heterocycles. The highest BCUT2D eigenvalue weighted by Crippen LogP contribution is 2.44. The Morgan fingerprint density at radius 2 is 1.65 bits per heavy atom. The Morgan fingerprint density at radius 3 is 2.23 bits per heavy atom. The molecule has 2 atom stereocenters. The molecule has 0 aromatic heterocycles. The summed E-state index contributed by atoms with van der Waals surface area (Å²) in [6.07, 6.45) is -0.272. The van der Waals surface area contributed by atoms with Crippen LogP contribution >= 0.6 is 0 Å². The average Bonchev–Trinajstić information content (AvgIpc) is 3.18. The molecule has 1 fully saturated rings. The third-order valence-electron chi connectivity index (χ3n) is 5.34. The molecule has 0 bridgehead atoms. The molecule has 5 heteroatoms. The maximum atomic E-state index is 13.2. The zero-order valence-electron chi connectivity index (χ0n) is 14.5. The van der Waals surface area contributed by atoms with Crippen LogP contribution in [0, 0.1) is 5.92 Å². The van der Waals surface area contributed by atoms with Crippen LogP contribution in [0.3, 0.4) is 0 Å². The summed E-state index contributed by atoms with van der Waals surface area (Å²) in [7, 11) is 0. The molecule has 1 aliphatic carbocycles. The van der Waals surface area contributed by atoms with E-state index in [-0.39, 0.29) is 18.4 Å². The minimum Gasteiger partial charge on any atom is -0.448 e. The lowest BCUT2D eigenvalue weighted by Gasteiger charge is -2.22. The molecule has 134 valence electrons. The van der Waals surface area contributed by atoms with Crippen LogP contribution in [0.15, 0.2) is 48.5 Å². The molecule has 26 heavy (non-hydrogen) atoms. The average molecular weight is 353 g/mol. The smallest absolute Gasteiger partial charge is 0.410 e. The van der Waals surface area contributed by atoms with Gasteiger partial charge in [0.2, 0.25) is 0 Å². The summed E-state index contributed by atoms with van der Waals surface area (Å²) in [4.78, 5) is 24.9. The lowest BCUT2D eigenvalue weighted by Crippen LogP contribution is -2.40. The third kappa shape index (κ3) is 2.77. The Balaban J connectivity index is 1.53. The predicted octanol–water partition coefficient (Wildman–Crippen LogP) is 4.14. The van der Waals surface area contributed by atoms with E-state index >= 15 is 0 Å². The summed E-state index contributed by atoms with van der Waals surface area (Å²) < 4.78 is 18.8. The number of likely N-dealkylation sites (tertiary alicyclic amines) is 1. The van der Waals surface area contributed by atoms with E-state index in [4.69, 9.17) is 4.74 Å². The molecule has 2 aromatic carbocycles. The second-order valence-electron chi connectivity index (χ2n) is 7.12. The summed E-state index contributed by atoms with van der Waals surface area (Å²) in [6, 6.07) is 13.7. The van der Waals surface area contributed by atoms with E-state index in [0.29, 0.717) is 13.0 Å². The Kier molecular flexibility index (Phi) is 4.23. The molecule has 2 aromatic rings. The molecule has 0 saturated carbocycles. The first kappa shape index (κ1) is 16.8. The zero-order valence-corrected chi connectivity index (χ0v) is 14.5. The van der Waals surface area contributed by atoms with E-state index in [1.165, 1.54) is 4.90 Å². The van der Waals surface area contributed by atoms with Gasteiger partial charge in [-0.05, 0) is 34.6 Å². The van der Waals surface area contributed by atoms with E-state index in [1.807, 2.05) is 43.3 Å². The van der Waals surface area contributed by atoms with Gasteiger partial charge in [0.05, 0.1) is 0 Å². The number of carbonyl (C=O) groups excluding carboxylic acids is 2. The molecule has 1 aliphatic heterocycles. The second kappa shape index (κ2) is 6.56. The fourth-order valence-corrected chi connectivity index (χ4v) is 4.14. The third-order valence-corrected chi connectivity index (χ3v) is 5.34. The van der Waals surface area contributed by atoms with Gasteiger partial charge in [0.15, 0.2) is 0 Å². The van der Waals surface area contributed by atoms with Crippen LogP contribution in [0.25, 0.3) is 11.1 Å². The summed E-state index contributed by atoms with van der Waals surface area (Å²) >= 11 is 0. The van der Waals surface area contributed by atoms with Gasteiger partial charge in [0.1, 0.15) is 12.6 Å². The maximum Gasteiger partial charge on any atom is 0.410 e. The second-order valence-corrected chi connectivity index (χ2v) is 7.12. The number of nitrogens with zero attached hydrogens (tertiary/aromatic N) is 1. The van der Waals surface area contributed by atoms with Gasteiger partial charge in [-0.15, -0.1) is 0 Å². The topological polar surface area (TPSA) is 46.6 Å². The lowest BCUT2D eigenvalue weighted by molar-refractivity contribution is -0.133. The van der Waals surface area contributed by atoms with E-state index in [1.54, 1.807) is 0 Å². The number of carbonyl (C=O) groups is 2. The standard InChI is InChI=1S/C21H20FNO3/c1-13-10-19(20(22)24)23(11-13)21(25)26-12-18-16-8-4-2-6-14(16)15-7-3-5-9-17(15)18/h2-9,13,18-19H,10-12H2,1H3/t13-,19-/m0/s1. The van der Waals surface area contributed by atoms with Crippen molar-refractivity contribution in [1.29, 1.82) is 0 Å². The van der Waals surface area contributed by atoms with Gasteiger partial charge in [0.25, 0.3) is 0 Å². The number of rotatable bonds is 3. The van der Waals surface area contributed by atoms with Crippen molar-refractivity contribution < 1.29 is 18.7 Å². The van der Waals surface area contributed by atoms with Gasteiger partial charge in [0, 0.05) is 12.5 Å². The molecule has 1 amide bonds. The Bertz CT molecular complexity index is 820. The van der Waals surface area contributed by atoms with Crippen LogP contribution < -0.4 is 0 Å². The minimum atomic E-state index is -1.47. The van der Waals surface area contributed by atoms with Crippen molar-refractivity contribution in [2.75, 3.05) is 13.2 Å². The molecule has 0 spiro atoms. The largest absolute Gasteiger partial charge is 0.448 e. The van der Waals surface area contributed by atoms with Gasteiger partial charge in [-0.3, -0.25) is 9.69 Å². The fourth-order valence-electron chi connectivity index (χ4n) is 4.14. The Morgan fingerprint density at radius 1 is 1.08 bits per heavy atom. The zero-order chi connectivity index (χ0) is 18.3. The number of halogens is 1. The number of benzene rings is 2. The summed E-state index contributed by atoms with van der Waals surface area (Å²) in [5.41, 5.74) is 4.54. The van der Waals surface area contributed by atoms with E-state index < -0.39 is 18.2 Å². The molecule has 0 N–H and O–H groups in total. The maximum absolute atomic E-state index is 13.2. The van der Waals surface area contributed by atoms with Gasteiger partial charge in [-0.2, -0.15) is 4.39 Å². The Labute approximate surface area is 151 Å². The van der Waals surface area contributed by atoms with E-state index in [0.717, 1.165) is 22.3 Å². The minimum absolute atomic E-state index is 0.0501. The highest BCUT2D eigenvalue weighted by molar-refractivity contribution is 5.82. The number of hydrogen-bond donors (Lipinski definition) is 0. The van der Waals surface area contributed by atoms with E-state index in [2.05, 4.69) is 12.1 Å². The molecule has 0 unspecified atom stereocenters. The van der Waals surface area contributed by atoms with Crippen molar-refractivity contribution in [1.82, 2.24) is 4.90 Å². The highest BCUT2D eigenvalue weighted by atomic mass is 19.1. The first-order valence-electron chi connectivity index (χ1n) is 8.87. The molecule has 4 nitrogen and oxygen atoms in total. The normalized spacial score (nSPS) is 21.4. The number of fused-ring (bicyclic) bond motifs is 3. The molecule has 4 rings (SSSR count). The predicted molar refractivity (Wildman–Crippen MR) is 95.5 cm³/mol. The SMILES string of the molecule is C[C@H]1C[C@@H](C(=O)F)N(C(=O)OCC2c3ccccc3-c3ccccc32)C1. The van der Waals surface area contributed by atoms with Crippen molar-refractivity contribution in [2.45, 2.75) is 25.3 Å². The summed E-state index contributed by atoms with van der Waals surface area (Å²) in [5.74, 6) is 0.0334. The van der Waals surface area contributed by atoms with Crippen LogP contribution in [0.2, 0.25) is 0 Å². The first-order valence-corrected chi connectivity index (χ1v) is 8.87. The summed E-state index contributed by atoms with van der Waals surface area (Å²) in [6.45, 7) is 2.41. The molecule has 0 radical (unpaired) electrons. The van der Waals surface area contributed by atoms with Crippen LogP contribution in [0.5, 0.6) is 0 Å². The molecular formula is C21H20FNO3. The van der Waals surface area contributed by atoms with Crippen molar-refractivity contribution in [3.63, 3.8) is 0 Å². The van der Waals surface area contributed by atoms with Gasteiger partial charge in [-0.25, -0.2) is 4.79 Å². The molecular weight excluding hydrogens is 333 g/mol. The molecule has 1 heterocycles. The lowest BCUT2D eigenvalue weighted by atomic mass is 9.98. The van der Waals surface area contributed by atoms with Crippen LogP contribution in [0.4, 0.5) is 9.18 Å². The number of hydrogen-bond acceptors (Lipinski definition) is 3. The summed E-state index contributed by atoms with van der Waals surface area (Å²) in [5, 5.41) is 0. The fraction of sp³-hybridized carbons (Fsp3) is 0.333. The monoisotopic (exact) mass is 353 g/mol. The first-order chi connectivity index (χ1) is 12.6. The van der Waals surface area contributed by atoms with Gasteiger partial charge >= 0.3 is 12.1 Å². The van der Waals surface area contributed by atoms with Crippen LogP contribution in [0.1, 0.15) is 30.4 Å². The highest BCUT2D eigenvalue weighted by Gasteiger charge is 2.39. The van der Waals surface area contributed by atoms with Crippen LogP contribution in [-0.4, -0.2) is 36.2 Å². The van der Waals surface area contributed by atoms with Gasteiger partial charge in [-0.1, -0.05) is 55.5 Å². The van der Waals surface area contributed by atoms with Crippen molar-refractivity contribution in [2.24, 2.45) is 5.92 Å². The van der Waals surface area contributed by atoms with Crippen LogP contribution in [-0.2, 0) is 9.53 Å². The van der Waals surface area contributed by atoms with Crippen molar-refractivity contribution in [3.8, 4) is 11.1 Å². The number of ether oxygens (including phenoxy) is 1. The quantitative estimate of drug-likeness (QED) is 0.779. The molecule has 2 aliphatic rings.